The maximum atomic E-state index is 12.1. The van der Waals surface area contributed by atoms with Gasteiger partial charge in [-0.1, -0.05) is 34.2 Å². The molecule has 1 aliphatic heterocycles. The Morgan fingerprint density at radius 3 is 2.96 bits per heavy atom. The highest BCUT2D eigenvalue weighted by Crippen LogP contribution is 2.28. The Morgan fingerprint density at radius 2 is 2.21 bits per heavy atom. The first-order valence-electron chi connectivity index (χ1n) is 7.94. The standard InChI is InChI=1S/C16H20BrN5OS/c1-10-4-3-7-22(9-10)16-21-20-15(24-16)19-14(23)18-12-5-6-13(17)11(2)8-12/h5-6,8,10H,3-4,7,9H2,1-2H3,(H2,18,19,20,23)/t10-/m0/s1. The number of nitrogens with zero attached hydrogens (tertiary/aromatic N) is 3. The van der Waals surface area contributed by atoms with Crippen molar-refractivity contribution >= 4 is 49.2 Å². The van der Waals surface area contributed by atoms with Gasteiger partial charge < -0.3 is 10.2 Å². The Balaban J connectivity index is 1.59. The van der Waals surface area contributed by atoms with Gasteiger partial charge in [0, 0.05) is 23.2 Å². The average molecular weight is 410 g/mol. The van der Waals surface area contributed by atoms with Crippen LogP contribution in [0.1, 0.15) is 25.3 Å². The third kappa shape index (κ3) is 4.24. The first-order chi connectivity index (χ1) is 11.5. The maximum absolute atomic E-state index is 12.1. The lowest BCUT2D eigenvalue weighted by Gasteiger charge is -2.29. The molecule has 0 aliphatic carbocycles. The fourth-order valence-corrected chi connectivity index (χ4v) is 3.76. The molecule has 2 aromatic rings. The monoisotopic (exact) mass is 409 g/mol. The average Bonchev–Trinajstić information content (AvgIpc) is 2.99. The predicted molar refractivity (Wildman–Crippen MR) is 102 cm³/mol. The third-order valence-electron chi connectivity index (χ3n) is 3.98. The second-order valence-electron chi connectivity index (χ2n) is 6.13. The fraction of sp³-hybridized carbons (Fsp3) is 0.438. The van der Waals surface area contributed by atoms with Gasteiger partial charge in [0.1, 0.15) is 0 Å². The minimum Gasteiger partial charge on any atom is -0.346 e. The van der Waals surface area contributed by atoms with Gasteiger partial charge in [-0.15, -0.1) is 10.2 Å². The van der Waals surface area contributed by atoms with Crippen molar-refractivity contribution in [2.75, 3.05) is 28.6 Å². The van der Waals surface area contributed by atoms with Gasteiger partial charge >= 0.3 is 6.03 Å². The molecule has 0 unspecified atom stereocenters. The Labute approximate surface area is 153 Å². The topological polar surface area (TPSA) is 70.1 Å². The van der Waals surface area contributed by atoms with E-state index in [0.717, 1.165) is 33.9 Å². The summed E-state index contributed by atoms with van der Waals surface area (Å²) in [5, 5.41) is 15.2. The normalized spacial score (nSPS) is 17.6. The van der Waals surface area contributed by atoms with Gasteiger partial charge in [-0.05, 0) is 49.4 Å². The molecule has 0 bridgehead atoms. The molecule has 2 heterocycles. The lowest BCUT2D eigenvalue weighted by atomic mass is 10.0. The molecule has 24 heavy (non-hydrogen) atoms. The van der Waals surface area contributed by atoms with Crippen LogP contribution in [0.15, 0.2) is 22.7 Å². The molecule has 1 aromatic carbocycles. The maximum Gasteiger partial charge on any atom is 0.325 e. The lowest BCUT2D eigenvalue weighted by Crippen LogP contribution is -2.34. The summed E-state index contributed by atoms with van der Waals surface area (Å²) in [5.74, 6) is 0.669. The minimum atomic E-state index is -0.313. The molecule has 1 fully saturated rings. The van der Waals surface area contributed by atoms with Gasteiger partial charge in [-0.2, -0.15) is 0 Å². The van der Waals surface area contributed by atoms with Crippen molar-refractivity contribution < 1.29 is 4.79 Å². The van der Waals surface area contributed by atoms with Gasteiger partial charge in [-0.3, -0.25) is 5.32 Å². The van der Waals surface area contributed by atoms with E-state index in [2.05, 4.69) is 48.6 Å². The highest BCUT2D eigenvalue weighted by atomic mass is 79.9. The molecule has 128 valence electrons. The number of hydrogen-bond acceptors (Lipinski definition) is 5. The highest BCUT2D eigenvalue weighted by molar-refractivity contribution is 9.10. The number of rotatable bonds is 3. The summed E-state index contributed by atoms with van der Waals surface area (Å²) < 4.78 is 1.01. The molecule has 8 heteroatoms. The number of piperidine rings is 1. The fourth-order valence-electron chi connectivity index (χ4n) is 2.74. The molecule has 2 amide bonds. The van der Waals surface area contributed by atoms with Crippen molar-refractivity contribution in [1.29, 1.82) is 0 Å². The second kappa shape index (κ2) is 7.48. The predicted octanol–water partition coefficient (Wildman–Crippen LogP) is 4.49. The zero-order valence-corrected chi connectivity index (χ0v) is 16.1. The molecular weight excluding hydrogens is 390 g/mol. The van der Waals surface area contributed by atoms with Crippen LogP contribution in [-0.4, -0.2) is 29.3 Å². The van der Waals surface area contributed by atoms with E-state index in [-0.39, 0.29) is 6.03 Å². The van der Waals surface area contributed by atoms with E-state index < -0.39 is 0 Å². The molecule has 1 atom stereocenters. The number of benzene rings is 1. The molecule has 0 spiro atoms. The third-order valence-corrected chi connectivity index (χ3v) is 5.77. The van der Waals surface area contributed by atoms with E-state index in [4.69, 9.17) is 0 Å². The Hall–Kier alpha value is -1.67. The van der Waals surface area contributed by atoms with Crippen LogP contribution in [0.5, 0.6) is 0 Å². The number of halogens is 1. The summed E-state index contributed by atoms with van der Waals surface area (Å²) in [7, 11) is 0. The van der Waals surface area contributed by atoms with Crippen LogP contribution in [0, 0.1) is 12.8 Å². The summed E-state index contributed by atoms with van der Waals surface area (Å²) in [5.41, 5.74) is 1.80. The molecule has 3 rings (SSSR count). The van der Waals surface area contributed by atoms with Gasteiger partial charge in [0.05, 0.1) is 0 Å². The molecule has 1 aliphatic rings. The lowest BCUT2D eigenvalue weighted by molar-refractivity contribution is 0.262. The number of aryl methyl sites for hydroxylation is 1. The van der Waals surface area contributed by atoms with Crippen molar-refractivity contribution in [2.45, 2.75) is 26.7 Å². The SMILES string of the molecule is Cc1cc(NC(=O)Nc2nnc(N3CCC[C@H](C)C3)s2)ccc1Br. The van der Waals surface area contributed by atoms with Crippen molar-refractivity contribution in [3.05, 3.63) is 28.2 Å². The summed E-state index contributed by atoms with van der Waals surface area (Å²) >= 11 is 4.85. The molecule has 0 radical (unpaired) electrons. The van der Waals surface area contributed by atoms with Crippen molar-refractivity contribution in [2.24, 2.45) is 5.92 Å². The van der Waals surface area contributed by atoms with Crippen LogP contribution in [0.25, 0.3) is 0 Å². The van der Waals surface area contributed by atoms with Crippen LogP contribution >= 0.6 is 27.3 Å². The number of anilines is 3. The van der Waals surface area contributed by atoms with E-state index in [0.29, 0.717) is 11.0 Å². The second-order valence-corrected chi connectivity index (χ2v) is 7.94. The summed E-state index contributed by atoms with van der Waals surface area (Å²) in [4.78, 5) is 14.4. The zero-order chi connectivity index (χ0) is 17.1. The van der Waals surface area contributed by atoms with Crippen molar-refractivity contribution in [3.63, 3.8) is 0 Å². The molecular formula is C16H20BrN5OS. The van der Waals surface area contributed by atoms with Gasteiger partial charge in [0.2, 0.25) is 10.3 Å². The van der Waals surface area contributed by atoms with Gasteiger partial charge in [0.15, 0.2) is 0 Å². The van der Waals surface area contributed by atoms with Crippen LogP contribution in [-0.2, 0) is 0 Å². The Kier molecular flexibility index (Phi) is 5.35. The van der Waals surface area contributed by atoms with Crippen LogP contribution in [0.2, 0.25) is 0 Å². The van der Waals surface area contributed by atoms with Crippen molar-refractivity contribution in [1.82, 2.24) is 10.2 Å². The van der Waals surface area contributed by atoms with E-state index in [1.807, 2.05) is 25.1 Å². The van der Waals surface area contributed by atoms with Gasteiger partial charge in [0.25, 0.3) is 0 Å². The molecule has 0 saturated carbocycles. The van der Waals surface area contributed by atoms with Crippen molar-refractivity contribution in [3.8, 4) is 0 Å². The molecule has 6 nitrogen and oxygen atoms in total. The summed E-state index contributed by atoms with van der Waals surface area (Å²) in [6.07, 6.45) is 2.43. The van der Waals surface area contributed by atoms with Gasteiger partial charge in [-0.25, -0.2) is 4.79 Å². The first kappa shape index (κ1) is 17.2. The number of carbonyl (C=O) groups is 1. The molecule has 1 saturated heterocycles. The Morgan fingerprint density at radius 1 is 1.38 bits per heavy atom. The largest absolute Gasteiger partial charge is 0.346 e. The van der Waals surface area contributed by atoms with E-state index in [9.17, 15) is 4.79 Å². The summed E-state index contributed by atoms with van der Waals surface area (Å²) in [6, 6.07) is 5.35. The number of aromatic nitrogens is 2. The summed E-state index contributed by atoms with van der Waals surface area (Å²) in [6.45, 7) is 6.23. The van der Waals surface area contributed by atoms with Crippen LogP contribution < -0.4 is 15.5 Å². The van der Waals surface area contributed by atoms with E-state index in [1.165, 1.54) is 24.2 Å². The number of carbonyl (C=O) groups excluding carboxylic acids is 1. The number of nitrogens with one attached hydrogen (secondary N) is 2. The van der Waals surface area contributed by atoms with Crippen LogP contribution in [0.4, 0.5) is 20.7 Å². The smallest absolute Gasteiger partial charge is 0.325 e. The highest BCUT2D eigenvalue weighted by Gasteiger charge is 2.20. The quantitative estimate of drug-likeness (QED) is 0.782. The van der Waals surface area contributed by atoms with E-state index in [1.54, 1.807) is 0 Å². The Bertz CT molecular complexity index is 735. The van der Waals surface area contributed by atoms with E-state index >= 15 is 0 Å². The molecule has 2 N–H and O–H groups in total. The first-order valence-corrected chi connectivity index (χ1v) is 9.55. The number of amides is 2. The zero-order valence-electron chi connectivity index (χ0n) is 13.7. The molecule has 1 aromatic heterocycles. The number of urea groups is 1. The number of hydrogen-bond donors (Lipinski definition) is 2. The van der Waals surface area contributed by atoms with Crippen LogP contribution in [0.3, 0.4) is 0 Å². The minimum absolute atomic E-state index is 0.313.